The predicted molar refractivity (Wildman–Crippen MR) is 119 cm³/mol. The Kier molecular flexibility index (Phi) is 6.13. The summed E-state index contributed by atoms with van der Waals surface area (Å²) >= 11 is 6.03. The number of fused-ring (bicyclic) bond motifs is 3. The summed E-state index contributed by atoms with van der Waals surface area (Å²) in [6.07, 6.45) is 3.43. The van der Waals surface area contributed by atoms with Crippen molar-refractivity contribution in [3.05, 3.63) is 29.8 Å². The highest BCUT2D eigenvalue weighted by atomic mass is 35.5. The van der Waals surface area contributed by atoms with Crippen LogP contribution < -0.4 is 14.2 Å². The number of rotatable bonds is 4. The minimum absolute atomic E-state index is 0.229. The minimum Gasteiger partial charge on any atom is -0.487 e. The molecule has 2 aliphatic rings. The number of hydrogen-bond acceptors (Lipinski definition) is 6. The first-order chi connectivity index (χ1) is 14.7. The molecule has 2 heterocycles. The molecule has 0 aliphatic carbocycles. The smallest absolute Gasteiger partial charge is 0.311 e. The van der Waals surface area contributed by atoms with E-state index in [-0.39, 0.29) is 17.5 Å². The highest BCUT2D eigenvalue weighted by molar-refractivity contribution is 6.13. The van der Waals surface area contributed by atoms with Crippen LogP contribution in [-0.4, -0.2) is 35.0 Å². The van der Waals surface area contributed by atoms with Crippen LogP contribution in [0.5, 0.6) is 17.2 Å². The van der Waals surface area contributed by atoms with E-state index in [0.29, 0.717) is 35.5 Å². The molecule has 31 heavy (non-hydrogen) atoms. The lowest BCUT2D eigenvalue weighted by Gasteiger charge is -2.34. The number of nitrogens with zero attached hydrogens (tertiary/aromatic N) is 1. The van der Waals surface area contributed by atoms with E-state index in [2.05, 4.69) is 0 Å². The molecule has 7 heteroatoms. The summed E-state index contributed by atoms with van der Waals surface area (Å²) in [7, 11) is 0. The Labute approximate surface area is 187 Å². The molecular weight excluding hydrogens is 418 g/mol. The second-order valence-electron chi connectivity index (χ2n) is 9.00. The molecule has 0 amide bonds. The van der Waals surface area contributed by atoms with Gasteiger partial charge in [-0.15, -0.1) is 0 Å². The molecule has 1 fully saturated rings. The Balaban J connectivity index is 1.73. The van der Waals surface area contributed by atoms with Crippen molar-refractivity contribution in [1.29, 1.82) is 0 Å². The van der Waals surface area contributed by atoms with Gasteiger partial charge in [0.25, 0.3) is 0 Å². The summed E-state index contributed by atoms with van der Waals surface area (Å²) in [6, 6.07) is 7.60. The van der Waals surface area contributed by atoms with Crippen LogP contribution in [0.25, 0.3) is 10.8 Å². The average molecular weight is 446 g/mol. The standard InChI is InChI=1S/C24H28ClNO5/c1-15(27)29-23-19-8-11-24(2,3)31-21(19)17-6-4-5-7-18(17)22(23)30-20(28)14-16-9-12-26(25)13-10-16/h4-7,16H,8-14H2,1-3H3. The molecule has 0 N–H and O–H groups in total. The maximum atomic E-state index is 12.9. The molecule has 4 rings (SSSR count). The van der Waals surface area contributed by atoms with Gasteiger partial charge in [0.1, 0.15) is 11.4 Å². The first-order valence-corrected chi connectivity index (χ1v) is 11.1. The summed E-state index contributed by atoms with van der Waals surface area (Å²) < 4.78 is 19.5. The van der Waals surface area contributed by atoms with Crippen molar-refractivity contribution in [3.63, 3.8) is 0 Å². The van der Waals surface area contributed by atoms with Gasteiger partial charge in [-0.2, -0.15) is 0 Å². The van der Waals surface area contributed by atoms with Gasteiger partial charge in [-0.1, -0.05) is 24.3 Å². The fourth-order valence-corrected chi connectivity index (χ4v) is 4.55. The van der Waals surface area contributed by atoms with E-state index in [9.17, 15) is 9.59 Å². The van der Waals surface area contributed by atoms with Crippen LogP contribution >= 0.6 is 11.8 Å². The van der Waals surface area contributed by atoms with Crippen molar-refractivity contribution < 1.29 is 23.8 Å². The van der Waals surface area contributed by atoms with E-state index < -0.39 is 5.97 Å². The molecule has 0 atom stereocenters. The lowest BCUT2D eigenvalue weighted by atomic mass is 9.91. The third-order valence-corrected chi connectivity index (χ3v) is 6.34. The topological polar surface area (TPSA) is 65.1 Å². The van der Waals surface area contributed by atoms with Gasteiger partial charge >= 0.3 is 11.9 Å². The Morgan fingerprint density at radius 1 is 1.13 bits per heavy atom. The number of benzene rings is 2. The zero-order chi connectivity index (χ0) is 22.2. The minimum atomic E-state index is -0.464. The molecule has 0 saturated carbocycles. The lowest BCUT2D eigenvalue weighted by Crippen LogP contribution is -2.33. The summed E-state index contributed by atoms with van der Waals surface area (Å²) in [6.45, 7) is 6.94. The normalized spacial score (nSPS) is 18.8. The van der Waals surface area contributed by atoms with Crippen LogP contribution in [0.3, 0.4) is 0 Å². The molecule has 2 aromatic rings. The van der Waals surface area contributed by atoms with Gasteiger partial charge in [0, 0.05) is 42.8 Å². The second-order valence-corrected chi connectivity index (χ2v) is 9.48. The molecule has 0 bridgehead atoms. The highest BCUT2D eigenvalue weighted by Gasteiger charge is 2.34. The van der Waals surface area contributed by atoms with Crippen molar-refractivity contribution in [2.24, 2.45) is 5.92 Å². The van der Waals surface area contributed by atoms with E-state index in [4.69, 9.17) is 26.0 Å². The first-order valence-electron chi connectivity index (χ1n) is 10.8. The number of esters is 2. The van der Waals surface area contributed by atoms with Crippen LogP contribution in [0, 0.1) is 5.92 Å². The summed E-state index contributed by atoms with van der Waals surface area (Å²) in [5.41, 5.74) is 0.435. The second kappa shape index (κ2) is 8.67. The lowest BCUT2D eigenvalue weighted by molar-refractivity contribution is -0.137. The van der Waals surface area contributed by atoms with Crippen molar-refractivity contribution in [1.82, 2.24) is 4.42 Å². The Hall–Kier alpha value is -2.31. The SMILES string of the molecule is CC(=O)Oc1c2c(c3ccccc3c1OC(=O)CC1CCN(Cl)CC1)OC(C)(C)CC2. The quantitative estimate of drug-likeness (QED) is 0.373. The monoisotopic (exact) mass is 445 g/mol. The van der Waals surface area contributed by atoms with E-state index >= 15 is 0 Å². The Bertz CT molecular complexity index is 1010. The third-order valence-electron chi connectivity index (χ3n) is 6.00. The fraction of sp³-hybridized carbons (Fsp3) is 0.500. The largest absolute Gasteiger partial charge is 0.487 e. The zero-order valence-electron chi connectivity index (χ0n) is 18.2. The number of carbonyl (C=O) groups is 2. The van der Waals surface area contributed by atoms with Gasteiger partial charge in [0.15, 0.2) is 11.5 Å². The number of halogens is 1. The Morgan fingerprint density at radius 3 is 2.48 bits per heavy atom. The molecule has 2 aliphatic heterocycles. The van der Waals surface area contributed by atoms with Gasteiger partial charge in [0.05, 0.1) is 0 Å². The van der Waals surface area contributed by atoms with Crippen molar-refractivity contribution in [2.75, 3.05) is 13.1 Å². The molecule has 0 spiro atoms. The van der Waals surface area contributed by atoms with Crippen LogP contribution in [-0.2, 0) is 16.0 Å². The number of hydrogen-bond donors (Lipinski definition) is 0. The van der Waals surface area contributed by atoms with Crippen molar-refractivity contribution in [2.45, 2.75) is 58.5 Å². The molecule has 0 radical (unpaired) electrons. The molecule has 2 aromatic carbocycles. The molecule has 166 valence electrons. The number of ether oxygens (including phenoxy) is 3. The number of carbonyl (C=O) groups excluding carboxylic acids is 2. The van der Waals surface area contributed by atoms with Crippen LogP contribution in [0.2, 0.25) is 0 Å². The average Bonchev–Trinajstić information content (AvgIpc) is 2.71. The van der Waals surface area contributed by atoms with E-state index in [1.807, 2.05) is 38.1 Å². The van der Waals surface area contributed by atoms with Gasteiger partial charge < -0.3 is 14.2 Å². The van der Waals surface area contributed by atoms with Crippen LogP contribution in [0.1, 0.15) is 52.0 Å². The Morgan fingerprint density at radius 2 is 1.81 bits per heavy atom. The summed E-state index contributed by atoms with van der Waals surface area (Å²) in [4.78, 5) is 24.8. The van der Waals surface area contributed by atoms with Crippen molar-refractivity contribution in [3.8, 4) is 17.2 Å². The first kappa shape index (κ1) is 21.9. The van der Waals surface area contributed by atoms with Gasteiger partial charge in [-0.3, -0.25) is 9.59 Å². The van der Waals surface area contributed by atoms with E-state index in [1.165, 1.54) is 6.92 Å². The van der Waals surface area contributed by atoms with Gasteiger partial charge in [-0.05, 0) is 57.2 Å². The van der Waals surface area contributed by atoms with Gasteiger partial charge in [-0.25, -0.2) is 4.42 Å². The van der Waals surface area contributed by atoms with E-state index in [1.54, 1.807) is 4.42 Å². The van der Waals surface area contributed by atoms with Crippen molar-refractivity contribution >= 4 is 34.5 Å². The molecule has 6 nitrogen and oxygen atoms in total. The maximum absolute atomic E-state index is 12.9. The third kappa shape index (κ3) is 4.80. The van der Waals surface area contributed by atoms with E-state index in [0.717, 1.165) is 43.3 Å². The van der Waals surface area contributed by atoms with Crippen LogP contribution in [0.15, 0.2) is 24.3 Å². The number of piperidine rings is 1. The molecular formula is C24H28ClNO5. The fourth-order valence-electron chi connectivity index (χ4n) is 4.35. The summed E-state index contributed by atoms with van der Waals surface area (Å²) in [5.74, 6) is 0.719. The molecule has 1 saturated heterocycles. The maximum Gasteiger partial charge on any atom is 0.311 e. The predicted octanol–water partition coefficient (Wildman–Crippen LogP) is 5.03. The molecule has 0 aromatic heterocycles. The van der Waals surface area contributed by atoms with Gasteiger partial charge in [0.2, 0.25) is 0 Å². The summed E-state index contributed by atoms with van der Waals surface area (Å²) in [5, 5.41) is 1.54. The van der Waals surface area contributed by atoms with Crippen LogP contribution in [0.4, 0.5) is 0 Å². The highest BCUT2D eigenvalue weighted by Crippen LogP contribution is 2.50. The zero-order valence-corrected chi connectivity index (χ0v) is 19.0. The molecule has 0 unspecified atom stereocenters.